The molecule has 0 saturated carbocycles. The van der Waals surface area contributed by atoms with Crippen LogP contribution in [-0.4, -0.2) is 7.11 Å². The molecule has 0 amide bonds. The Morgan fingerprint density at radius 2 is 2.11 bits per heavy atom. The fourth-order valence-corrected chi connectivity index (χ4v) is 2.94. The lowest BCUT2D eigenvalue weighted by molar-refractivity contribution is 0.411. The number of halogens is 3. The fraction of sp³-hybridized carbons (Fsp3) is 0.231. The molecule has 0 N–H and O–H groups in total. The standard InChI is InChI=1S/C13H11ClF2OS/c1-17-12-4-5-18-13(12)10(14)6-8-2-3-9(15)7-11(8)16/h2-5,7,10H,6H2,1H3. The number of ether oxygens (including phenoxy) is 1. The molecule has 0 aliphatic carbocycles. The van der Waals surface area contributed by atoms with Crippen molar-refractivity contribution in [3.05, 3.63) is 51.7 Å². The van der Waals surface area contributed by atoms with Gasteiger partial charge in [-0.3, -0.25) is 0 Å². The number of alkyl halides is 1. The maximum absolute atomic E-state index is 13.5. The first-order valence-electron chi connectivity index (χ1n) is 5.31. The molecule has 1 aromatic carbocycles. The topological polar surface area (TPSA) is 9.23 Å². The second kappa shape index (κ2) is 5.67. The van der Waals surface area contributed by atoms with Crippen LogP contribution in [0.2, 0.25) is 0 Å². The lowest BCUT2D eigenvalue weighted by Crippen LogP contribution is -1.99. The van der Waals surface area contributed by atoms with E-state index in [0.29, 0.717) is 17.7 Å². The zero-order valence-corrected chi connectivity index (χ0v) is 11.2. The van der Waals surface area contributed by atoms with E-state index < -0.39 is 11.6 Å². The Hall–Kier alpha value is -1.13. The Morgan fingerprint density at radius 1 is 1.33 bits per heavy atom. The summed E-state index contributed by atoms with van der Waals surface area (Å²) in [5.74, 6) is -0.463. The number of hydrogen-bond donors (Lipinski definition) is 0. The number of rotatable bonds is 4. The van der Waals surface area contributed by atoms with E-state index in [0.717, 1.165) is 10.9 Å². The van der Waals surface area contributed by atoms with Gasteiger partial charge in [0, 0.05) is 6.07 Å². The van der Waals surface area contributed by atoms with Gasteiger partial charge in [-0.2, -0.15) is 0 Å². The summed E-state index contributed by atoms with van der Waals surface area (Å²) < 4.78 is 31.5. The third-order valence-corrected chi connectivity index (χ3v) is 4.09. The number of benzene rings is 1. The molecule has 1 atom stereocenters. The van der Waals surface area contributed by atoms with Crippen molar-refractivity contribution in [2.24, 2.45) is 0 Å². The van der Waals surface area contributed by atoms with E-state index in [4.69, 9.17) is 16.3 Å². The van der Waals surface area contributed by atoms with Crippen molar-refractivity contribution >= 4 is 22.9 Å². The van der Waals surface area contributed by atoms with Gasteiger partial charge >= 0.3 is 0 Å². The highest BCUT2D eigenvalue weighted by atomic mass is 35.5. The van der Waals surface area contributed by atoms with Gasteiger partial charge in [-0.15, -0.1) is 22.9 Å². The molecule has 1 aromatic heterocycles. The lowest BCUT2D eigenvalue weighted by atomic mass is 10.1. The summed E-state index contributed by atoms with van der Waals surface area (Å²) in [7, 11) is 1.56. The maximum Gasteiger partial charge on any atom is 0.134 e. The minimum absolute atomic E-state index is 0.296. The van der Waals surface area contributed by atoms with Gasteiger partial charge in [-0.05, 0) is 29.5 Å². The molecule has 0 bridgehead atoms. The van der Waals surface area contributed by atoms with Crippen LogP contribution < -0.4 is 4.74 Å². The molecule has 2 rings (SSSR count). The molecular weight excluding hydrogens is 278 g/mol. The molecule has 5 heteroatoms. The van der Waals surface area contributed by atoms with Gasteiger partial charge in [0.05, 0.1) is 17.4 Å². The highest BCUT2D eigenvalue weighted by Gasteiger charge is 2.17. The van der Waals surface area contributed by atoms with Crippen LogP contribution >= 0.6 is 22.9 Å². The van der Waals surface area contributed by atoms with Crippen LogP contribution in [0, 0.1) is 11.6 Å². The van der Waals surface area contributed by atoms with Crippen LogP contribution in [0.25, 0.3) is 0 Å². The fourth-order valence-electron chi connectivity index (χ4n) is 1.68. The predicted octanol–water partition coefficient (Wildman–Crippen LogP) is 4.56. The van der Waals surface area contributed by atoms with Crippen molar-refractivity contribution in [2.75, 3.05) is 7.11 Å². The zero-order valence-electron chi connectivity index (χ0n) is 9.62. The van der Waals surface area contributed by atoms with Crippen LogP contribution in [0.5, 0.6) is 5.75 Å². The second-order valence-electron chi connectivity index (χ2n) is 3.76. The van der Waals surface area contributed by atoms with Gasteiger partial charge in [-0.1, -0.05) is 6.07 Å². The molecule has 0 fully saturated rings. The van der Waals surface area contributed by atoms with Crippen LogP contribution in [-0.2, 0) is 6.42 Å². The SMILES string of the molecule is COc1ccsc1C(Cl)Cc1ccc(F)cc1F. The monoisotopic (exact) mass is 288 g/mol. The average Bonchev–Trinajstić information content (AvgIpc) is 2.81. The minimum atomic E-state index is -0.587. The quantitative estimate of drug-likeness (QED) is 0.750. The van der Waals surface area contributed by atoms with E-state index in [-0.39, 0.29) is 5.38 Å². The Morgan fingerprint density at radius 3 is 2.78 bits per heavy atom. The van der Waals surface area contributed by atoms with E-state index >= 15 is 0 Å². The van der Waals surface area contributed by atoms with Gasteiger partial charge in [0.25, 0.3) is 0 Å². The summed E-state index contributed by atoms with van der Waals surface area (Å²) in [6.07, 6.45) is 0.296. The first kappa shape index (κ1) is 13.3. The summed E-state index contributed by atoms with van der Waals surface area (Å²) >= 11 is 7.70. The molecule has 0 spiro atoms. The normalized spacial score (nSPS) is 12.4. The molecule has 0 radical (unpaired) electrons. The van der Waals surface area contributed by atoms with E-state index in [1.807, 2.05) is 11.4 Å². The van der Waals surface area contributed by atoms with E-state index in [1.54, 1.807) is 7.11 Å². The highest BCUT2D eigenvalue weighted by molar-refractivity contribution is 7.10. The van der Waals surface area contributed by atoms with E-state index in [9.17, 15) is 8.78 Å². The lowest BCUT2D eigenvalue weighted by Gasteiger charge is -2.10. The highest BCUT2D eigenvalue weighted by Crippen LogP contribution is 2.37. The molecule has 0 aliphatic rings. The molecule has 0 aliphatic heterocycles. The van der Waals surface area contributed by atoms with Crippen molar-refractivity contribution in [1.82, 2.24) is 0 Å². The van der Waals surface area contributed by atoms with Gasteiger partial charge in [0.2, 0.25) is 0 Å². The van der Waals surface area contributed by atoms with Gasteiger partial charge < -0.3 is 4.74 Å². The summed E-state index contributed by atoms with van der Waals surface area (Å²) in [6.45, 7) is 0. The molecule has 1 heterocycles. The molecule has 18 heavy (non-hydrogen) atoms. The van der Waals surface area contributed by atoms with Crippen molar-refractivity contribution in [2.45, 2.75) is 11.8 Å². The summed E-state index contributed by atoms with van der Waals surface area (Å²) in [4.78, 5) is 0.850. The van der Waals surface area contributed by atoms with Crippen LogP contribution in [0.4, 0.5) is 8.78 Å². The Bertz CT molecular complexity index is 542. The van der Waals surface area contributed by atoms with E-state index in [2.05, 4.69) is 0 Å². The third-order valence-electron chi connectivity index (χ3n) is 2.58. The van der Waals surface area contributed by atoms with Crippen molar-refractivity contribution in [3.8, 4) is 5.75 Å². The average molecular weight is 289 g/mol. The largest absolute Gasteiger partial charge is 0.496 e. The molecule has 2 aromatic rings. The first-order valence-corrected chi connectivity index (χ1v) is 6.62. The maximum atomic E-state index is 13.5. The summed E-state index contributed by atoms with van der Waals surface area (Å²) in [6, 6.07) is 5.33. The number of thiophene rings is 1. The molecule has 1 nitrogen and oxygen atoms in total. The number of methoxy groups -OCH3 is 1. The second-order valence-corrected chi connectivity index (χ2v) is 5.24. The predicted molar refractivity (Wildman–Crippen MR) is 69.5 cm³/mol. The zero-order chi connectivity index (χ0) is 13.1. The van der Waals surface area contributed by atoms with Crippen LogP contribution in [0.3, 0.4) is 0 Å². The Labute approximate surface area is 113 Å². The number of hydrogen-bond acceptors (Lipinski definition) is 2. The summed E-state index contributed by atoms with van der Waals surface area (Å²) in [5.41, 5.74) is 0.395. The first-order chi connectivity index (χ1) is 8.61. The Kier molecular flexibility index (Phi) is 4.19. The Balaban J connectivity index is 2.18. The van der Waals surface area contributed by atoms with Crippen molar-refractivity contribution in [3.63, 3.8) is 0 Å². The third kappa shape index (κ3) is 2.82. The van der Waals surface area contributed by atoms with Crippen LogP contribution in [0.1, 0.15) is 15.8 Å². The van der Waals surface area contributed by atoms with Gasteiger partial charge in [0.1, 0.15) is 17.4 Å². The molecule has 1 unspecified atom stereocenters. The van der Waals surface area contributed by atoms with Crippen LogP contribution in [0.15, 0.2) is 29.6 Å². The molecule has 0 saturated heterocycles. The smallest absolute Gasteiger partial charge is 0.134 e. The van der Waals surface area contributed by atoms with Gasteiger partial charge in [-0.25, -0.2) is 8.78 Å². The van der Waals surface area contributed by atoms with E-state index in [1.165, 1.54) is 23.5 Å². The molecule has 96 valence electrons. The minimum Gasteiger partial charge on any atom is -0.496 e. The van der Waals surface area contributed by atoms with Crippen molar-refractivity contribution in [1.29, 1.82) is 0 Å². The van der Waals surface area contributed by atoms with Gasteiger partial charge in [0.15, 0.2) is 0 Å². The van der Waals surface area contributed by atoms with Crippen molar-refractivity contribution < 1.29 is 13.5 Å². The molecular formula is C13H11ClF2OS. The summed E-state index contributed by atoms with van der Waals surface area (Å²) in [5, 5.41) is 1.48.